The van der Waals surface area contributed by atoms with Gasteiger partial charge in [-0.1, -0.05) is 25.2 Å². The van der Waals surface area contributed by atoms with E-state index in [1.807, 2.05) is 0 Å². The molecule has 0 aromatic heterocycles. The zero-order valence-corrected chi connectivity index (χ0v) is 10.6. The molecule has 0 fully saturated rings. The molecule has 0 radical (unpaired) electrons. The Hall–Kier alpha value is -0.573. The van der Waals surface area contributed by atoms with Gasteiger partial charge < -0.3 is 4.74 Å². The fourth-order valence-electron chi connectivity index (χ4n) is 2.01. The Morgan fingerprint density at radius 3 is 2.50 bits per heavy atom. The Kier molecular flexibility index (Phi) is 3.53. The summed E-state index contributed by atoms with van der Waals surface area (Å²) in [5, 5.41) is 0. The van der Waals surface area contributed by atoms with Crippen LogP contribution in [-0.2, 0) is 9.53 Å². The number of hydrogen-bond donors (Lipinski definition) is 0. The summed E-state index contributed by atoms with van der Waals surface area (Å²) < 4.78 is 4.80. The van der Waals surface area contributed by atoms with Crippen molar-refractivity contribution in [3.63, 3.8) is 0 Å². The second-order valence-electron chi connectivity index (χ2n) is 5.16. The third-order valence-corrected chi connectivity index (χ3v) is 4.00. The van der Waals surface area contributed by atoms with E-state index in [2.05, 4.69) is 19.6 Å². The van der Waals surface area contributed by atoms with Crippen molar-refractivity contribution in [3.05, 3.63) is 11.1 Å². The largest absolute Gasteiger partial charge is 0.466 e. The highest BCUT2D eigenvalue weighted by atomic mass is 28.3. The van der Waals surface area contributed by atoms with Crippen LogP contribution in [0.25, 0.3) is 0 Å². The third kappa shape index (κ3) is 2.98. The molecule has 0 saturated heterocycles. The molecule has 80 valence electrons. The van der Waals surface area contributed by atoms with Gasteiger partial charge in [0.1, 0.15) is 0 Å². The van der Waals surface area contributed by atoms with Crippen LogP contribution < -0.4 is 0 Å². The topological polar surface area (TPSA) is 26.3 Å². The second-order valence-corrected chi connectivity index (χ2v) is 10.6. The lowest BCUT2D eigenvalue weighted by molar-refractivity contribution is -0.136. The molecule has 0 aliphatic heterocycles. The molecule has 14 heavy (non-hydrogen) atoms. The van der Waals surface area contributed by atoms with Crippen LogP contribution in [0.4, 0.5) is 0 Å². The lowest BCUT2D eigenvalue weighted by atomic mass is 10.2. The van der Waals surface area contributed by atoms with Gasteiger partial charge in [-0.15, -0.1) is 0 Å². The molecule has 2 nitrogen and oxygen atoms in total. The average molecular weight is 212 g/mol. The summed E-state index contributed by atoms with van der Waals surface area (Å²) >= 11 is 0. The zero-order valence-electron chi connectivity index (χ0n) is 9.64. The molecule has 0 atom stereocenters. The van der Waals surface area contributed by atoms with Crippen LogP contribution in [0.2, 0.25) is 25.7 Å². The summed E-state index contributed by atoms with van der Waals surface area (Å²) in [6, 6.07) is 1.15. The molecule has 0 heterocycles. The number of allylic oxidation sites excluding steroid dienone is 1. The maximum atomic E-state index is 11.4. The van der Waals surface area contributed by atoms with Gasteiger partial charge in [-0.05, 0) is 25.3 Å². The zero-order chi connectivity index (χ0) is 10.8. The van der Waals surface area contributed by atoms with Crippen molar-refractivity contribution in [3.8, 4) is 0 Å². The molecule has 0 amide bonds. The predicted molar refractivity (Wildman–Crippen MR) is 61.0 cm³/mol. The normalized spacial score (nSPS) is 17.4. The van der Waals surface area contributed by atoms with E-state index >= 15 is 0 Å². The first-order valence-electron chi connectivity index (χ1n) is 5.23. The van der Waals surface area contributed by atoms with E-state index < -0.39 is 8.07 Å². The van der Waals surface area contributed by atoms with Crippen molar-refractivity contribution >= 4 is 14.0 Å². The molecule has 0 N–H and O–H groups in total. The smallest absolute Gasteiger partial charge is 0.333 e. The van der Waals surface area contributed by atoms with E-state index in [9.17, 15) is 4.79 Å². The van der Waals surface area contributed by atoms with Gasteiger partial charge in [0, 0.05) is 13.6 Å². The highest BCUT2D eigenvalue weighted by Gasteiger charge is 2.25. The Balaban J connectivity index is 2.78. The Labute approximate surface area is 87.3 Å². The van der Waals surface area contributed by atoms with Gasteiger partial charge in [-0.3, -0.25) is 0 Å². The summed E-state index contributed by atoms with van der Waals surface area (Å²) in [5.74, 6) is -0.101. The number of ether oxygens (including phenoxy) is 1. The minimum atomic E-state index is -1.09. The molecule has 0 aromatic carbocycles. The first kappa shape index (κ1) is 11.5. The standard InChI is InChI=1S/C11H20O2Si/c1-13-11(12)10-7-5-6-9(10)8-14(2,3)4/h5-8H2,1-4H3. The van der Waals surface area contributed by atoms with Crippen LogP contribution in [0.5, 0.6) is 0 Å². The van der Waals surface area contributed by atoms with Crippen LogP contribution in [0.3, 0.4) is 0 Å². The molecule has 0 saturated carbocycles. The summed E-state index contributed by atoms with van der Waals surface area (Å²) in [7, 11) is 0.384. The average Bonchev–Trinajstić information content (AvgIpc) is 2.48. The third-order valence-electron chi connectivity index (χ3n) is 2.51. The fraction of sp³-hybridized carbons (Fsp3) is 0.727. The molecule has 1 aliphatic carbocycles. The number of methoxy groups -OCH3 is 1. The van der Waals surface area contributed by atoms with Crippen molar-refractivity contribution in [2.45, 2.75) is 44.9 Å². The van der Waals surface area contributed by atoms with E-state index in [1.54, 1.807) is 0 Å². The maximum Gasteiger partial charge on any atom is 0.333 e. The van der Waals surface area contributed by atoms with Crippen molar-refractivity contribution < 1.29 is 9.53 Å². The van der Waals surface area contributed by atoms with Crippen LogP contribution in [0.15, 0.2) is 11.1 Å². The van der Waals surface area contributed by atoms with Crippen molar-refractivity contribution in [2.75, 3.05) is 7.11 Å². The van der Waals surface area contributed by atoms with Crippen LogP contribution in [-0.4, -0.2) is 21.2 Å². The van der Waals surface area contributed by atoms with E-state index in [0.29, 0.717) is 0 Å². The van der Waals surface area contributed by atoms with E-state index in [4.69, 9.17) is 4.74 Å². The monoisotopic (exact) mass is 212 g/mol. The van der Waals surface area contributed by atoms with Gasteiger partial charge in [-0.2, -0.15) is 0 Å². The lowest BCUT2D eigenvalue weighted by Crippen LogP contribution is -2.20. The Bertz CT molecular complexity index is 261. The van der Waals surface area contributed by atoms with Gasteiger partial charge in [0.2, 0.25) is 0 Å². The molecular formula is C11H20O2Si. The number of esters is 1. The Morgan fingerprint density at radius 1 is 1.36 bits per heavy atom. The van der Waals surface area contributed by atoms with Crippen molar-refractivity contribution in [1.82, 2.24) is 0 Å². The van der Waals surface area contributed by atoms with Crippen LogP contribution in [0, 0.1) is 0 Å². The van der Waals surface area contributed by atoms with Crippen LogP contribution >= 0.6 is 0 Å². The summed E-state index contributed by atoms with van der Waals surface area (Å²) in [6.45, 7) is 7.02. The highest BCUT2D eigenvalue weighted by molar-refractivity contribution is 6.76. The van der Waals surface area contributed by atoms with E-state index in [1.165, 1.54) is 12.7 Å². The molecule has 0 unspecified atom stereocenters. The van der Waals surface area contributed by atoms with E-state index in [0.717, 1.165) is 30.9 Å². The Morgan fingerprint density at radius 2 is 2.00 bits per heavy atom. The minimum Gasteiger partial charge on any atom is -0.466 e. The van der Waals surface area contributed by atoms with E-state index in [-0.39, 0.29) is 5.97 Å². The molecular weight excluding hydrogens is 192 g/mol. The maximum absolute atomic E-state index is 11.4. The number of rotatable bonds is 3. The summed E-state index contributed by atoms with van der Waals surface area (Å²) in [4.78, 5) is 11.4. The quantitative estimate of drug-likeness (QED) is 0.531. The second kappa shape index (κ2) is 4.30. The SMILES string of the molecule is COC(=O)C1=C(C[Si](C)(C)C)CCC1. The number of hydrogen-bond acceptors (Lipinski definition) is 2. The molecule has 0 spiro atoms. The van der Waals surface area contributed by atoms with Gasteiger partial charge >= 0.3 is 5.97 Å². The van der Waals surface area contributed by atoms with Crippen molar-refractivity contribution in [1.29, 1.82) is 0 Å². The molecule has 1 aliphatic rings. The predicted octanol–water partition coefficient (Wildman–Crippen LogP) is 2.98. The number of carbonyl (C=O) groups is 1. The van der Waals surface area contributed by atoms with Crippen LogP contribution in [0.1, 0.15) is 19.3 Å². The number of carbonyl (C=O) groups excluding carboxylic acids is 1. The van der Waals surface area contributed by atoms with Gasteiger partial charge in [0.25, 0.3) is 0 Å². The molecule has 0 aromatic rings. The first-order chi connectivity index (χ1) is 6.44. The molecule has 3 heteroatoms. The van der Waals surface area contributed by atoms with Gasteiger partial charge in [0.15, 0.2) is 0 Å². The summed E-state index contributed by atoms with van der Waals surface area (Å²) in [6.07, 6.45) is 3.16. The fourth-order valence-corrected chi connectivity index (χ4v) is 3.68. The molecule has 0 bridgehead atoms. The van der Waals surface area contributed by atoms with Crippen molar-refractivity contribution in [2.24, 2.45) is 0 Å². The molecule has 1 rings (SSSR count). The summed E-state index contributed by atoms with van der Waals surface area (Å²) in [5.41, 5.74) is 2.34. The first-order valence-corrected chi connectivity index (χ1v) is 8.94. The minimum absolute atomic E-state index is 0.101. The van der Waals surface area contributed by atoms with Gasteiger partial charge in [0.05, 0.1) is 7.11 Å². The lowest BCUT2D eigenvalue weighted by Gasteiger charge is -2.17. The van der Waals surface area contributed by atoms with Gasteiger partial charge in [-0.25, -0.2) is 4.79 Å². The highest BCUT2D eigenvalue weighted by Crippen LogP contribution is 2.32.